The first-order chi connectivity index (χ1) is 12.2. The van der Waals surface area contributed by atoms with Crippen LogP contribution in [0.5, 0.6) is 0 Å². The minimum Gasteiger partial charge on any atom is -0.383 e. The number of nitrogens with one attached hydrogen (secondary N) is 2. The van der Waals surface area contributed by atoms with Crippen LogP contribution in [0.4, 0.5) is 0 Å². The van der Waals surface area contributed by atoms with E-state index in [4.69, 9.17) is 9.47 Å². The number of rotatable bonds is 9. The maximum absolute atomic E-state index is 5.11. The number of methoxy groups -OCH3 is 2. The molecule has 9 heteroatoms. The molecule has 142 valence electrons. The van der Waals surface area contributed by atoms with Crippen LogP contribution in [0.15, 0.2) is 4.99 Å². The van der Waals surface area contributed by atoms with Crippen LogP contribution in [-0.4, -0.2) is 86.2 Å². The van der Waals surface area contributed by atoms with Crippen molar-refractivity contribution in [2.24, 2.45) is 4.99 Å². The number of guanidine groups is 1. The predicted molar refractivity (Wildman–Crippen MR) is 96.7 cm³/mol. The van der Waals surface area contributed by atoms with Crippen LogP contribution in [-0.2, 0) is 29.0 Å². The number of likely N-dealkylation sites (N-methyl/N-ethyl adjacent to an activating group) is 1. The van der Waals surface area contributed by atoms with Crippen LogP contribution in [0.2, 0.25) is 0 Å². The van der Waals surface area contributed by atoms with Crippen molar-refractivity contribution >= 4 is 5.96 Å². The molecule has 1 aromatic rings. The summed E-state index contributed by atoms with van der Waals surface area (Å²) < 4.78 is 12.2. The summed E-state index contributed by atoms with van der Waals surface area (Å²) >= 11 is 0. The van der Waals surface area contributed by atoms with Crippen molar-refractivity contribution < 1.29 is 9.47 Å². The number of aryl methyl sites for hydroxylation is 1. The minimum absolute atomic E-state index is 0.294. The molecular weight excluding hydrogens is 322 g/mol. The van der Waals surface area contributed by atoms with Gasteiger partial charge in [0.25, 0.3) is 0 Å². The van der Waals surface area contributed by atoms with Crippen LogP contribution in [0.1, 0.15) is 18.1 Å². The van der Waals surface area contributed by atoms with Crippen molar-refractivity contribution in [3.8, 4) is 0 Å². The van der Waals surface area contributed by atoms with Crippen LogP contribution in [0.25, 0.3) is 0 Å². The average molecular weight is 353 g/mol. The van der Waals surface area contributed by atoms with Crippen molar-refractivity contribution in [2.75, 3.05) is 54.6 Å². The molecular formula is C16H31N7O2. The molecule has 2 heterocycles. The Morgan fingerprint density at radius 2 is 2.20 bits per heavy atom. The molecule has 0 saturated heterocycles. The largest absolute Gasteiger partial charge is 0.383 e. The Kier molecular flexibility index (Phi) is 8.10. The van der Waals surface area contributed by atoms with Gasteiger partial charge in [0.2, 0.25) is 0 Å². The van der Waals surface area contributed by atoms with Gasteiger partial charge in [0.1, 0.15) is 12.4 Å². The molecule has 1 aliphatic heterocycles. The average Bonchev–Trinajstić information content (AvgIpc) is 3.01. The van der Waals surface area contributed by atoms with E-state index in [2.05, 4.69) is 37.7 Å². The first-order valence-electron chi connectivity index (χ1n) is 8.72. The van der Waals surface area contributed by atoms with Crippen LogP contribution < -0.4 is 10.6 Å². The molecule has 0 saturated carbocycles. The third-order valence-electron chi connectivity index (χ3n) is 4.20. The van der Waals surface area contributed by atoms with E-state index < -0.39 is 0 Å². The molecule has 9 nitrogen and oxygen atoms in total. The topological polar surface area (TPSA) is 88.8 Å². The van der Waals surface area contributed by atoms with Gasteiger partial charge in [-0.3, -0.25) is 4.99 Å². The normalized spacial score (nSPS) is 17.6. The van der Waals surface area contributed by atoms with E-state index in [0.29, 0.717) is 12.6 Å². The van der Waals surface area contributed by atoms with Gasteiger partial charge in [0.05, 0.1) is 13.2 Å². The Balaban J connectivity index is 1.76. The molecule has 0 radical (unpaired) electrons. The predicted octanol–water partition coefficient (Wildman–Crippen LogP) is -0.517. The van der Waals surface area contributed by atoms with Crippen molar-refractivity contribution in [3.63, 3.8) is 0 Å². The molecule has 0 aliphatic carbocycles. The van der Waals surface area contributed by atoms with E-state index in [0.717, 1.165) is 63.2 Å². The highest BCUT2D eigenvalue weighted by molar-refractivity contribution is 5.79. The quantitative estimate of drug-likeness (QED) is 0.456. The monoisotopic (exact) mass is 353 g/mol. The van der Waals surface area contributed by atoms with Gasteiger partial charge >= 0.3 is 0 Å². The van der Waals surface area contributed by atoms with Crippen LogP contribution >= 0.6 is 0 Å². The number of hydrogen-bond donors (Lipinski definition) is 2. The molecule has 0 aromatic carbocycles. The van der Waals surface area contributed by atoms with Gasteiger partial charge in [-0.05, 0) is 13.5 Å². The zero-order valence-corrected chi connectivity index (χ0v) is 15.8. The molecule has 1 aromatic heterocycles. The Morgan fingerprint density at radius 3 is 2.92 bits per heavy atom. The molecule has 0 amide bonds. The van der Waals surface area contributed by atoms with Gasteiger partial charge in [-0.25, -0.2) is 9.67 Å². The molecule has 0 spiro atoms. The highest BCUT2D eigenvalue weighted by atomic mass is 16.5. The summed E-state index contributed by atoms with van der Waals surface area (Å²) in [6.07, 6.45) is 1.92. The van der Waals surface area contributed by atoms with Gasteiger partial charge in [0.15, 0.2) is 11.8 Å². The number of aromatic nitrogens is 3. The molecule has 1 unspecified atom stereocenters. The van der Waals surface area contributed by atoms with Gasteiger partial charge in [-0.15, -0.1) is 0 Å². The lowest BCUT2D eigenvalue weighted by Gasteiger charge is -2.25. The maximum Gasteiger partial charge on any atom is 0.191 e. The molecule has 1 atom stereocenters. The summed E-state index contributed by atoms with van der Waals surface area (Å²) in [6.45, 7) is 4.68. The fraction of sp³-hybridized carbons (Fsp3) is 0.812. The van der Waals surface area contributed by atoms with Crippen molar-refractivity contribution in [1.29, 1.82) is 0 Å². The number of aliphatic imine (C=N–C) groups is 1. The van der Waals surface area contributed by atoms with Gasteiger partial charge < -0.3 is 25.0 Å². The van der Waals surface area contributed by atoms with E-state index in [-0.39, 0.29) is 0 Å². The fourth-order valence-corrected chi connectivity index (χ4v) is 2.78. The van der Waals surface area contributed by atoms with E-state index >= 15 is 0 Å². The van der Waals surface area contributed by atoms with Gasteiger partial charge in [0, 0.05) is 53.4 Å². The zero-order valence-electron chi connectivity index (χ0n) is 15.8. The summed E-state index contributed by atoms with van der Waals surface area (Å²) in [6, 6.07) is 0.294. The first kappa shape index (κ1) is 19.6. The number of fused-ring (bicyclic) bond motifs is 1. The van der Waals surface area contributed by atoms with Crippen molar-refractivity contribution in [3.05, 3.63) is 11.6 Å². The number of ether oxygens (including phenoxy) is 2. The van der Waals surface area contributed by atoms with Crippen molar-refractivity contribution in [1.82, 2.24) is 30.3 Å². The van der Waals surface area contributed by atoms with Gasteiger partial charge in [-0.2, -0.15) is 5.10 Å². The Hall–Kier alpha value is -1.71. The molecule has 0 bridgehead atoms. The Labute approximate surface area is 149 Å². The maximum atomic E-state index is 5.11. The molecule has 0 fully saturated rings. The van der Waals surface area contributed by atoms with Crippen molar-refractivity contribution in [2.45, 2.75) is 32.0 Å². The third-order valence-corrected chi connectivity index (χ3v) is 4.20. The Morgan fingerprint density at radius 1 is 1.36 bits per heavy atom. The second-order valence-electron chi connectivity index (χ2n) is 6.23. The lowest BCUT2D eigenvalue weighted by molar-refractivity contribution is 0.162. The smallest absolute Gasteiger partial charge is 0.191 e. The first-order valence-corrected chi connectivity index (χ1v) is 8.72. The zero-order chi connectivity index (χ0) is 18.1. The lowest BCUT2D eigenvalue weighted by atomic mass is 10.1. The minimum atomic E-state index is 0.294. The van der Waals surface area contributed by atoms with E-state index in [1.807, 2.05) is 4.68 Å². The summed E-state index contributed by atoms with van der Waals surface area (Å²) in [5, 5.41) is 11.3. The van der Waals surface area contributed by atoms with E-state index in [1.165, 1.54) is 0 Å². The van der Waals surface area contributed by atoms with E-state index in [1.54, 1.807) is 21.3 Å². The highest BCUT2D eigenvalue weighted by Crippen LogP contribution is 2.13. The van der Waals surface area contributed by atoms with Crippen LogP contribution in [0.3, 0.4) is 0 Å². The van der Waals surface area contributed by atoms with Gasteiger partial charge in [-0.1, -0.05) is 0 Å². The molecule has 2 N–H and O–H groups in total. The SMILES string of the molecule is CN=C(NCCN(C)CCOC)NC1CCc2nc(COC)nn2C1. The molecule has 2 rings (SSSR count). The summed E-state index contributed by atoms with van der Waals surface area (Å²) in [5.74, 6) is 2.61. The highest BCUT2D eigenvalue weighted by Gasteiger charge is 2.22. The number of hydrogen-bond acceptors (Lipinski definition) is 6. The molecule has 1 aliphatic rings. The fourth-order valence-electron chi connectivity index (χ4n) is 2.78. The van der Waals surface area contributed by atoms with E-state index in [9.17, 15) is 0 Å². The summed E-state index contributed by atoms with van der Waals surface area (Å²) in [4.78, 5) is 11.0. The number of nitrogens with zero attached hydrogens (tertiary/aromatic N) is 5. The Bertz CT molecular complexity index is 547. The second-order valence-corrected chi connectivity index (χ2v) is 6.23. The second kappa shape index (κ2) is 10.3. The standard InChI is InChI=1S/C16H31N7O2/c1-17-16(18-7-8-22(2)9-10-24-3)19-13-5-6-15-20-14(12-25-4)21-23(15)11-13/h13H,5-12H2,1-4H3,(H2,17,18,19). The van der Waals surface area contributed by atoms with Crippen LogP contribution in [0, 0.1) is 0 Å². The molecule has 25 heavy (non-hydrogen) atoms. The summed E-state index contributed by atoms with van der Waals surface area (Å²) in [5.41, 5.74) is 0. The lowest BCUT2D eigenvalue weighted by Crippen LogP contribution is -2.48. The summed E-state index contributed by atoms with van der Waals surface area (Å²) in [7, 11) is 7.26. The third kappa shape index (κ3) is 6.26.